The lowest BCUT2D eigenvalue weighted by molar-refractivity contribution is -0.136. The summed E-state index contributed by atoms with van der Waals surface area (Å²) < 4.78 is 5.58. The third-order valence-electron chi connectivity index (χ3n) is 4.58. The number of nitrogens with zero attached hydrogens (tertiary/aromatic N) is 1. The maximum absolute atomic E-state index is 12.0. The molecule has 0 radical (unpaired) electrons. The van der Waals surface area contributed by atoms with Crippen LogP contribution in [0.4, 0.5) is 0 Å². The summed E-state index contributed by atoms with van der Waals surface area (Å²) in [5.41, 5.74) is 6.74. The molecular formula is C20H29N3O4. The van der Waals surface area contributed by atoms with Crippen molar-refractivity contribution in [1.82, 2.24) is 15.8 Å². The summed E-state index contributed by atoms with van der Waals surface area (Å²) in [4.78, 5) is 37.3. The number of hydrazine groups is 1. The first-order valence-corrected chi connectivity index (χ1v) is 9.45. The summed E-state index contributed by atoms with van der Waals surface area (Å²) in [6, 6.07) is 5.93. The minimum atomic E-state index is -0.458. The predicted octanol–water partition coefficient (Wildman–Crippen LogP) is 2.05. The highest BCUT2D eigenvalue weighted by Crippen LogP contribution is 2.24. The van der Waals surface area contributed by atoms with Gasteiger partial charge in [-0.3, -0.25) is 25.2 Å². The molecule has 148 valence electrons. The fourth-order valence-electron chi connectivity index (χ4n) is 2.87. The zero-order valence-corrected chi connectivity index (χ0v) is 16.3. The van der Waals surface area contributed by atoms with Gasteiger partial charge in [0.15, 0.2) is 6.61 Å². The molecule has 2 N–H and O–H groups in total. The summed E-state index contributed by atoms with van der Waals surface area (Å²) in [6.45, 7) is 6.42. The van der Waals surface area contributed by atoms with E-state index in [1.54, 1.807) is 0 Å². The number of aryl methyl sites for hydroxylation is 1. The van der Waals surface area contributed by atoms with Crippen LogP contribution in [-0.2, 0) is 14.4 Å². The molecule has 1 aliphatic heterocycles. The van der Waals surface area contributed by atoms with Crippen molar-refractivity contribution < 1.29 is 19.1 Å². The maximum Gasteiger partial charge on any atom is 0.276 e. The molecule has 1 aromatic rings. The smallest absolute Gasteiger partial charge is 0.276 e. The predicted molar refractivity (Wildman–Crippen MR) is 102 cm³/mol. The summed E-state index contributed by atoms with van der Waals surface area (Å²) in [6.07, 6.45) is 3.23. The first kappa shape index (κ1) is 20.7. The van der Waals surface area contributed by atoms with Crippen LogP contribution < -0.4 is 15.6 Å². The van der Waals surface area contributed by atoms with E-state index < -0.39 is 11.8 Å². The molecule has 1 fully saturated rings. The molecule has 7 nitrogen and oxygen atoms in total. The first-order valence-electron chi connectivity index (χ1n) is 9.45. The number of rotatable bonds is 6. The van der Waals surface area contributed by atoms with Crippen molar-refractivity contribution in [2.24, 2.45) is 0 Å². The number of amides is 3. The molecule has 1 aliphatic rings. The Morgan fingerprint density at radius 2 is 1.89 bits per heavy atom. The van der Waals surface area contributed by atoms with Gasteiger partial charge in [-0.25, -0.2) is 0 Å². The van der Waals surface area contributed by atoms with Crippen molar-refractivity contribution in [1.29, 1.82) is 0 Å². The Morgan fingerprint density at radius 3 is 2.63 bits per heavy atom. The molecule has 0 aromatic heterocycles. The van der Waals surface area contributed by atoms with E-state index in [0.29, 0.717) is 24.6 Å². The Morgan fingerprint density at radius 1 is 1.15 bits per heavy atom. The van der Waals surface area contributed by atoms with Gasteiger partial charge in [-0.2, -0.15) is 0 Å². The van der Waals surface area contributed by atoms with E-state index in [1.807, 2.05) is 25.1 Å². The van der Waals surface area contributed by atoms with E-state index in [-0.39, 0.29) is 19.1 Å². The fraction of sp³-hybridized carbons (Fsp3) is 0.550. The van der Waals surface area contributed by atoms with Crippen LogP contribution in [0.3, 0.4) is 0 Å². The van der Waals surface area contributed by atoms with E-state index >= 15 is 0 Å². The largest absolute Gasteiger partial charge is 0.483 e. The molecule has 7 heteroatoms. The molecule has 2 rings (SSSR count). The number of ether oxygens (including phenoxy) is 1. The molecule has 1 saturated heterocycles. The van der Waals surface area contributed by atoms with Gasteiger partial charge < -0.3 is 9.64 Å². The summed E-state index contributed by atoms with van der Waals surface area (Å²) in [5, 5.41) is 0. The molecule has 0 bridgehead atoms. The third kappa shape index (κ3) is 6.58. The van der Waals surface area contributed by atoms with Gasteiger partial charge in [-0.05, 0) is 42.9 Å². The molecule has 27 heavy (non-hydrogen) atoms. The summed E-state index contributed by atoms with van der Waals surface area (Å²) >= 11 is 0. The van der Waals surface area contributed by atoms with Crippen molar-refractivity contribution in [2.45, 2.75) is 52.4 Å². The molecule has 0 saturated carbocycles. The minimum absolute atomic E-state index is 0.0159. The number of nitrogens with one attached hydrogen (secondary N) is 2. The lowest BCUT2D eigenvalue weighted by Gasteiger charge is -2.19. The van der Waals surface area contributed by atoms with Crippen molar-refractivity contribution in [3.05, 3.63) is 29.3 Å². The number of carbonyl (C=O) groups excluding carboxylic acids is 3. The average molecular weight is 375 g/mol. The van der Waals surface area contributed by atoms with E-state index in [0.717, 1.165) is 30.4 Å². The molecule has 1 aromatic carbocycles. The highest BCUT2D eigenvalue weighted by atomic mass is 16.5. The van der Waals surface area contributed by atoms with E-state index in [4.69, 9.17) is 4.74 Å². The van der Waals surface area contributed by atoms with Crippen molar-refractivity contribution in [3.8, 4) is 5.75 Å². The van der Waals surface area contributed by atoms with Crippen LogP contribution in [0.2, 0.25) is 0 Å². The van der Waals surface area contributed by atoms with Gasteiger partial charge in [0.05, 0.1) is 0 Å². The first-order chi connectivity index (χ1) is 12.9. The molecule has 1 heterocycles. The molecule has 0 spiro atoms. The van der Waals surface area contributed by atoms with Crippen LogP contribution in [0, 0.1) is 6.92 Å². The van der Waals surface area contributed by atoms with Crippen molar-refractivity contribution in [2.75, 3.05) is 19.7 Å². The van der Waals surface area contributed by atoms with Crippen LogP contribution in [0.5, 0.6) is 5.75 Å². The normalized spacial score (nSPS) is 14.7. The number of hydrogen-bond donors (Lipinski definition) is 2. The van der Waals surface area contributed by atoms with Gasteiger partial charge >= 0.3 is 0 Å². The topological polar surface area (TPSA) is 87.7 Å². The van der Waals surface area contributed by atoms with Gasteiger partial charge in [-0.1, -0.05) is 32.4 Å². The SMILES string of the molecule is Cc1ccc(C(C)C)cc1OCC(=O)NNC(=O)CN1CCCCCC1=O. The lowest BCUT2D eigenvalue weighted by Crippen LogP contribution is -2.48. The Bertz CT molecular complexity index is 688. The van der Waals surface area contributed by atoms with Crippen molar-refractivity contribution >= 4 is 17.7 Å². The van der Waals surface area contributed by atoms with Gasteiger partial charge in [0.1, 0.15) is 12.3 Å². The minimum Gasteiger partial charge on any atom is -0.483 e. The quantitative estimate of drug-likeness (QED) is 0.745. The molecule has 0 atom stereocenters. The van der Waals surface area contributed by atoms with Gasteiger partial charge in [-0.15, -0.1) is 0 Å². The monoisotopic (exact) mass is 375 g/mol. The Balaban J connectivity index is 1.76. The Kier molecular flexibility index (Phi) is 7.64. The standard InChI is InChI=1S/C20H29N3O4/c1-14(2)16-9-8-15(3)17(11-16)27-13-19(25)22-21-18(24)12-23-10-6-4-5-7-20(23)26/h8-9,11,14H,4-7,10,12-13H2,1-3H3,(H,21,24)(H,22,25). The lowest BCUT2D eigenvalue weighted by atomic mass is 10.0. The number of carbonyl (C=O) groups is 3. The Hall–Kier alpha value is -2.57. The third-order valence-corrected chi connectivity index (χ3v) is 4.58. The van der Waals surface area contributed by atoms with Crippen LogP contribution in [0.1, 0.15) is 56.6 Å². The zero-order chi connectivity index (χ0) is 19.8. The van der Waals surface area contributed by atoms with E-state index in [9.17, 15) is 14.4 Å². The van der Waals surface area contributed by atoms with E-state index in [2.05, 4.69) is 24.7 Å². The number of likely N-dealkylation sites (tertiary alicyclic amines) is 1. The number of hydrogen-bond acceptors (Lipinski definition) is 4. The van der Waals surface area contributed by atoms with Crippen molar-refractivity contribution in [3.63, 3.8) is 0 Å². The van der Waals surface area contributed by atoms with Gasteiger partial charge in [0.2, 0.25) is 5.91 Å². The van der Waals surface area contributed by atoms with Crippen LogP contribution in [0.15, 0.2) is 18.2 Å². The van der Waals surface area contributed by atoms with Crippen LogP contribution in [-0.4, -0.2) is 42.3 Å². The summed E-state index contributed by atoms with van der Waals surface area (Å²) in [5.74, 6) is 0.120. The maximum atomic E-state index is 12.0. The second kappa shape index (κ2) is 9.94. The molecule has 0 aliphatic carbocycles. The van der Waals surface area contributed by atoms with Gasteiger partial charge in [0.25, 0.3) is 11.8 Å². The molecule has 3 amide bonds. The van der Waals surface area contributed by atoms with Crippen LogP contribution >= 0.6 is 0 Å². The van der Waals surface area contributed by atoms with E-state index in [1.165, 1.54) is 4.90 Å². The average Bonchev–Trinajstić information content (AvgIpc) is 2.83. The molecule has 0 unspecified atom stereocenters. The highest BCUT2D eigenvalue weighted by Gasteiger charge is 2.19. The van der Waals surface area contributed by atoms with Gasteiger partial charge in [0, 0.05) is 13.0 Å². The summed E-state index contributed by atoms with van der Waals surface area (Å²) in [7, 11) is 0. The Labute approximate surface area is 160 Å². The highest BCUT2D eigenvalue weighted by molar-refractivity contribution is 5.87. The number of benzene rings is 1. The second-order valence-electron chi connectivity index (χ2n) is 7.19. The fourth-order valence-corrected chi connectivity index (χ4v) is 2.87. The van der Waals surface area contributed by atoms with Crippen LogP contribution in [0.25, 0.3) is 0 Å². The zero-order valence-electron chi connectivity index (χ0n) is 16.3. The molecular weight excluding hydrogens is 346 g/mol. The second-order valence-corrected chi connectivity index (χ2v) is 7.19.